The van der Waals surface area contributed by atoms with Crippen molar-refractivity contribution in [3.05, 3.63) is 29.8 Å². The molecule has 144 valence electrons. The van der Waals surface area contributed by atoms with Gasteiger partial charge in [-0.05, 0) is 31.0 Å². The molecule has 0 bridgehead atoms. The van der Waals surface area contributed by atoms with Gasteiger partial charge in [0, 0.05) is 49.4 Å². The van der Waals surface area contributed by atoms with Crippen LogP contribution in [0, 0.1) is 0 Å². The lowest BCUT2D eigenvalue weighted by Crippen LogP contribution is -2.49. The number of hydrogen-bond acceptors (Lipinski definition) is 4. The number of nitrogens with one attached hydrogen (secondary N) is 1. The Morgan fingerprint density at radius 2 is 1.85 bits per heavy atom. The lowest BCUT2D eigenvalue weighted by molar-refractivity contribution is -0.137. The molecular formula is C18H24F3N3OS. The molecule has 0 aliphatic carbocycles. The number of anilines is 1. The van der Waals surface area contributed by atoms with Crippen molar-refractivity contribution >= 4 is 23.4 Å². The SMILES string of the molecule is O=C(CN1CCC(N2CCSCC2)CC1)Nc1cccc(C(F)(F)F)c1. The summed E-state index contributed by atoms with van der Waals surface area (Å²) in [4.78, 5) is 16.8. The van der Waals surface area contributed by atoms with E-state index < -0.39 is 11.7 Å². The van der Waals surface area contributed by atoms with Crippen LogP contribution in [0.1, 0.15) is 18.4 Å². The zero-order chi connectivity index (χ0) is 18.6. The number of nitrogens with zero attached hydrogens (tertiary/aromatic N) is 2. The third kappa shape index (κ3) is 5.37. The zero-order valence-corrected chi connectivity index (χ0v) is 15.4. The fraction of sp³-hybridized carbons (Fsp3) is 0.611. The Balaban J connectivity index is 1.46. The van der Waals surface area contributed by atoms with Crippen LogP contribution in [0.4, 0.5) is 18.9 Å². The van der Waals surface area contributed by atoms with Gasteiger partial charge in [0.05, 0.1) is 12.1 Å². The molecule has 0 unspecified atom stereocenters. The number of rotatable bonds is 4. The molecule has 26 heavy (non-hydrogen) atoms. The van der Waals surface area contributed by atoms with Crippen molar-refractivity contribution in [2.75, 3.05) is 49.5 Å². The summed E-state index contributed by atoms with van der Waals surface area (Å²) in [5, 5.41) is 2.58. The standard InChI is InChI=1S/C18H24F3N3OS/c19-18(20,21)14-2-1-3-15(12-14)22-17(25)13-23-6-4-16(5-7-23)24-8-10-26-11-9-24/h1-3,12,16H,4-11,13H2,(H,22,25). The van der Waals surface area contributed by atoms with Crippen LogP contribution in [0.3, 0.4) is 0 Å². The highest BCUT2D eigenvalue weighted by atomic mass is 32.2. The molecule has 0 atom stereocenters. The number of piperidine rings is 1. The largest absolute Gasteiger partial charge is 0.416 e. The molecule has 0 saturated carbocycles. The van der Waals surface area contributed by atoms with Crippen LogP contribution in [0.5, 0.6) is 0 Å². The summed E-state index contributed by atoms with van der Waals surface area (Å²) in [5.41, 5.74) is -0.568. The van der Waals surface area contributed by atoms with Crippen molar-refractivity contribution in [1.29, 1.82) is 0 Å². The minimum atomic E-state index is -4.41. The smallest absolute Gasteiger partial charge is 0.325 e. The first-order valence-corrected chi connectivity index (χ1v) is 10.1. The van der Waals surface area contributed by atoms with Crippen molar-refractivity contribution in [3.63, 3.8) is 0 Å². The first kappa shape index (κ1) is 19.5. The third-order valence-corrected chi connectivity index (χ3v) is 5.90. The molecule has 2 saturated heterocycles. The Morgan fingerprint density at radius 1 is 1.15 bits per heavy atom. The van der Waals surface area contributed by atoms with E-state index in [0.717, 1.165) is 51.2 Å². The van der Waals surface area contributed by atoms with Crippen LogP contribution in [0.15, 0.2) is 24.3 Å². The van der Waals surface area contributed by atoms with Gasteiger partial charge in [0.25, 0.3) is 0 Å². The summed E-state index contributed by atoms with van der Waals surface area (Å²) in [6, 6.07) is 5.35. The molecule has 2 aliphatic rings. The molecule has 0 aromatic heterocycles. The van der Waals surface area contributed by atoms with Crippen molar-refractivity contribution < 1.29 is 18.0 Å². The Kier molecular flexibility index (Phi) is 6.47. The normalized spacial score (nSPS) is 20.9. The summed E-state index contributed by atoms with van der Waals surface area (Å²) in [7, 11) is 0. The van der Waals surface area contributed by atoms with Gasteiger partial charge in [-0.15, -0.1) is 0 Å². The molecule has 1 N–H and O–H groups in total. The molecule has 8 heteroatoms. The van der Waals surface area contributed by atoms with Gasteiger partial charge < -0.3 is 5.32 Å². The molecule has 0 radical (unpaired) electrons. The quantitative estimate of drug-likeness (QED) is 0.861. The van der Waals surface area contributed by atoms with E-state index in [1.54, 1.807) is 0 Å². The van der Waals surface area contributed by atoms with Crippen LogP contribution < -0.4 is 5.32 Å². The van der Waals surface area contributed by atoms with Crippen molar-refractivity contribution in [2.24, 2.45) is 0 Å². The average Bonchev–Trinajstić information content (AvgIpc) is 2.62. The second-order valence-corrected chi connectivity index (χ2v) is 8.01. The highest BCUT2D eigenvalue weighted by Crippen LogP contribution is 2.30. The van der Waals surface area contributed by atoms with Gasteiger partial charge in [0.15, 0.2) is 0 Å². The molecule has 2 heterocycles. The number of carbonyl (C=O) groups is 1. The molecule has 1 amide bonds. The number of alkyl halides is 3. The first-order valence-electron chi connectivity index (χ1n) is 8.93. The maximum absolute atomic E-state index is 12.7. The Labute approximate surface area is 156 Å². The fourth-order valence-corrected chi connectivity index (χ4v) is 4.49. The minimum absolute atomic E-state index is 0.186. The van der Waals surface area contributed by atoms with E-state index in [-0.39, 0.29) is 18.1 Å². The second kappa shape index (κ2) is 8.63. The van der Waals surface area contributed by atoms with E-state index in [9.17, 15) is 18.0 Å². The number of hydrogen-bond donors (Lipinski definition) is 1. The zero-order valence-electron chi connectivity index (χ0n) is 14.6. The number of amides is 1. The van der Waals surface area contributed by atoms with Gasteiger partial charge >= 0.3 is 6.18 Å². The Hall–Kier alpha value is -1.25. The average molecular weight is 387 g/mol. The molecule has 2 fully saturated rings. The topological polar surface area (TPSA) is 35.6 Å². The van der Waals surface area contributed by atoms with Crippen LogP contribution in [-0.2, 0) is 11.0 Å². The number of thioether (sulfide) groups is 1. The predicted octanol–water partition coefficient (Wildman–Crippen LogP) is 3.16. The van der Waals surface area contributed by atoms with Gasteiger partial charge in [0.2, 0.25) is 5.91 Å². The maximum Gasteiger partial charge on any atom is 0.416 e. The molecule has 0 spiro atoms. The summed E-state index contributed by atoms with van der Waals surface area (Å²) in [6.07, 6.45) is -2.32. The van der Waals surface area contributed by atoms with Crippen LogP contribution >= 0.6 is 11.8 Å². The Bertz CT molecular complexity index is 612. The third-order valence-electron chi connectivity index (χ3n) is 4.96. The summed E-state index contributed by atoms with van der Waals surface area (Å²) in [5.74, 6) is 2.12. The molecule has 4 nitrogen and oxygen atoms in total. The molecular weight excluding hydrogens is 363 g/mol. The lowest BCUT2D eigenvalue weighted by Gasteiger charge is -2.39. The number of halogens is 3. The molecule has 2 aliphatic heterocycles. The molecule has 3 rings (SSSR count). The number of likely N-dealkylation sites (tertiary alicyclic amines) is 1. The highest BCUT2D eigenvalue weighted by molar-refractivity contribution is 7.99. The van der Waals surface area contributed by atoms with Crippen LogP contribution in [0.25, 0.3) is 0 Å². The lowest BCUT2D eigenvalue weighted by atomic mass is 10.0. The Morgan fingerprint density at radius 3 is 2.50 bits per heavy atom. The second-order valence-electron chi connectivity index (χ2n) is 6.78. The van der Waals surface area contributed by atoms with E-state index in [1.165, 1.54) is 23.6 Å². The van der Waals surface area contributed by atoms with E-state index in [1.807, 2.05) is 11.8 Å². The molecule has 1 aromatic rings. The fourth-order valence-electron chi connectivity index (χ4n) is 3.56. The maximum atomic E-state index is 12.7. The van der Waals surface area contributed by atoms with Crippen molar-refractivity contribution in [3.8, 4) is 0 Å². The van der Waals surface area contributed by atoms with E-state index in [0.29, 0.717) is 6.04 Å². The van der Waals surface area contributed by atoms with Crippen molar-refractivity contribution in [2.45, 2.75) is 25.1 Å². The number of carbonyl (C=O) groups excluding carboxylic acids is 1. The summed E-state index contributed by atoms with van der Waals surface area (Å²) in [6.45, 7) is 4.21. The van der Waals surface area contributed by atoms with Gasteiger partial charge in [-0.1, -0.05) is 6.07 Å². The van der Waals surface area contributed by atoms with Crippen molar-refractivity contribution in [1.82, 2.24) is 9.80 Å². The minimum Gasteiger partial charge on any atom is -0.325 e. The first-order chi connectivity index (χ1) is 12.4. The van der Waals surface area contributed by atoms with Crippen LogP contribution in [0.2, 0.25) is 0 Å². The number of benzene rings is 1. The summed E-state index contributed by atoms with van der Waals surface area (Å²) < 4.78 is 38.2. The predicted molar refractivity (Wildman–Crippen MR) is 98.4 cm³/mol. The van der Waals surface area contributed by atoms with Gasteiger partial charge in [-0.3, -0.25) is 14.6 Å². The van der Waals surface area contributed by atoms with Gasteiger partial charge in [-0.25, -0.2) is 0 Å². The molecule has 1 aromatic carbocycles. The van der Waals surface area contributed by atoms with Crippen LogP contribution in [-0.4, -0.2) is 66.0 Å². The van der Waals surface area contributed by atoms with Gasteiger partial charge in [-0.2, -0.15) is 24.9 Å². The highest BCUT2D eigenvalue weighted by Gasteiger charge is 2.30. The van der Waals surface area contributed by atoms with Gasteiger partial charge in [0.1, 0.15) is 0 Å². The van der Waals surface area contributed by atoms with E-state index in [2.05, 4.69) is 15.1 Å². The summed E-state index contributed by atoms with van der Waals surface area (Å²) >= 11 is 2.00. The van der Waals surface area contributed by atoms with E-state index in [4.69, 9.17) is 0 Å². The monoisotopic (exact) mass is 387 g/mol. The van der Waals surface area contributed by atoms with E-state index >= 15 is 0 Å².